The monoisotopic (exact) mass is 403 g/mol. The molecule has 0 spiro atoms. The molecule has 2 aromatic carbocycles. The molecule has 6 nitrogen and oxygen atoms in total. The normalized spacial score (nSPS) is 16.3. The molecule has 1 fully saturated rings. The fraction of sp³-hybridized carbons (Fsp3) is 0.292. The topological polar surface area (TPSA) is 64.4 Å². The third-order valence-corrected chi connectivity index (χ3v) is 5.38. The zero-order valence-electron chi connectivity index (χ0n) is 16.8. The molecule has 0 saturated carbocycles. The molecule has 0 aliphatic carbocycles. The number of rotatable bonds is 7. The molecule has 1 atom stereocenters. The highest BCUT2D eigenvalue weighted by atomic mass is 16.5. The largest absolute Gasteiger partial charge is 0.457 e. The van der Waals surface area contributed by atoms with Gasteiger partial charge in [-0.2, -0.15) is 5.10 Å². The Kier molecular flexibility index (Phi) is 6.23. The van der Waals surface area contributed by atoms with Gasteiger partial charge in [-0.3, -0.25) is 14.3 Å². The summed E-state index contributed by atoms with van der Waals surface area (Å²) in [4.78, 5) is 27.4. The zero-order valence-corrected chi connectivity index (χ0v) is 16.8. The quantitative estimate of drug-likeness (QED) is 0.555. The number of hydrogen-bond acceptors (Lipinski definition) is 4. The Balaban J connectivity index is 1.33. The summed E-state index contributed by atoms with van der Waals surface area (Å²) in [7, 11) is 0. The van der Waals surface area contributed by atoms with E-state index in [-0.39, 0.29) is 17.6 Å². The van der Waals surface area contributed by atoms with Crippen LogP contribution in [0.15, 0.2) is 73.1 Å². The first-order chi connectivity index (χ1) is 14.7. The van der Waals surface area contributed by atoms with Crippen LogP contribution in [-0.4, -0.2) is 39.5 Å². The number of aryl methyl sites for hydroxylation is 1. The van der Waals surface area contributed by atoms with Gasteiger partial charge in [0, 0.05) is 49.9 Å². The summed E-state index contributed by atoms with van der Waals surface area (Å²) in [6.07, 6.45) is 5.61. The van der Waals surface area contributed by atoms with E-state index in [0.29, 0.717) is 37.4 Å². The molecule has 1 saturated heterocycles. The Labute approximate surface area is 176 Å². The van der Waals surface area contributed by atoms with Gasteiger partial charge in [0.25, 0.3) is 0 Å². The van der Waals surface area contributed by atoms with Crippen molar-refractivity contribution in [2.24, 2.45) is 5.92 Å². The summed E-state index contributed by atoms with van der Waals surface area (Å²) in [6, 6.07) is 18.6. The van der Waals surface area contributed by atoms with Crippen LogP contribution < -0.4 is 4.74 Å². The van der Waals surface area contributed by atoms with E-state index in [4.69, 9.17) is 4.74 Å². The van der Waals surface area contributed by atoms with Gasteiger partial charge in [0.05, 0.1) is 0 Å². The number of carbonyl (C=O) groups is 2. The van der Waals surface area contributed by atoms with E-state index in [1.807, 2.05) is 59.6 Å². The second kappa shape index (κ2) is 9.39. The van der Waals surface area contributed by atoms with Crippen LogP contribution in [0.3, 0.4) is 0 Å². The van der Waals surface area contributed by atoms with Crippen molar-refractivity contribution in [3.8, 4) is 11.5 Å². The molecule has 30 heavy (non-hydrogen) atoms. The van der Waals surface area contributed by atoms with E-state index in [1.165, 1.54) is 0 Å². The molecule has 1 aromatic heterocycles. The fourth-order valence-corrected chi connectivity index (χ4v) is 3.77. The van der Waals surface area contributed by atoms with Crippen molar-refractivity contribution in [2.75, 3.05) is 13.1 Å². The maximum Gasteiger partial charge on any atom is 0.224 e. The summed E-state index contributed by atoms with van der Waals surface area (Å²) in [5.41, 5.74) is 0.659. The molecule has 0 bridgehead atoms. The smallest absolute Gasteiger partial charge is 0.224 e. The number of aromatic nitrogens is 2. The van der Waals surface area contributed by atoms with Gasteiger partial charge in [-0.15, -0.1) is 0 Å². The van der Waals surface area contributed by atoms with E-state index >= 15 is 0 Å². The van der Waals surface area contributed by atoms with Crippen molar-refractivity contribution in [2.45, 2.75) is 25.8 Å². The number of Topliss-reactive ketones (excluding diaryl/α,β-unsaturated/α-hetero) is 1. The second-order valence-corrected chi connectivity index (χ2v) is 7.50. The minimum atomic E-state index is -0.159. The van der Waals surface area contributed by atoms with E-state index in [2.05, 4.69) is 5.10 Å². The molecular weight excluding hydrogens is 378 g/mol. The summed E-state index contributed by atoms with van der Waals surface area (Å²) in [6.45, 7) is 1.76. The van der Waals surface area contributed by atoms with Crippen molar-refractivity contribution in [1.82, 2.24) is 14.7 Å². The fourth-order valence-electron chi connectivity index (χ4n) is 3.77. The molecule has 1 aliphatic rings. The number of amides is 1. The number of hydrogen-bond donors (Lipinski definition) is 0. The van der Waals surface area contributed by atoms with Crippen molar-refractivity contribution in [3.05, 3.63) is 78.6 Å². The van der Waals surface area contributed by atoms with Crippen LogP contribution in [0.4, 0.5) is 0 Å². The van der Waals surface area contributed by atoms with Crippen LogP contribution in [0.1, 0.15) is 29.6 Å². The average molecular weight is 403 g/mol. The average Bonchev–Trinajstić information content (AvgIpc) is 3.32. The van der Waals surface area contributed by atoms with Crippen LogP contribution >= 0.6 is 0 Å². The number of carbonyl (C=O) groups excluding carboxylic acids is 2. The van der Waals surface area contributed by atoms with Gasteiger partial charge in [0.1, 0.15) is 11.5 Å². The summed E-state index contributed by atoms with van der Waals surface area (Å²) in [5, 5.41) is 4.13. The molecular formula is C24H25N3O3. The zero-order chi connectivity index (χ0) is 20.8. The third-order valence-electron chi connectivity index (χ3n) is 5.38. The molecule has 1 aliphatic heterocycles. The highest BCUT2D eigenvalue weighted by Gasteiger charge is 2.28. The van der Waals surface area contributed by atoms with Crippen molar-refractivity contribution in [3.63, 3.8) is 0 Å². The first-order valence-corrected chi connectivity index (χ1v) is 10.3. The predicted molar refractivity (Wildman–Crippen MR) is 113 cm³/mol. The minimum absolute atomic E-state index is 0.0783. The molecule has 2 heterocycles. The molecule has 6 heteroatoms. The van der Waals surface area contributed by atoms with Crippen LogP contribution in [-0.2, 0) is 11.3 Å². The Hall–Kier alpha value is -3.41. The standard InChI is InChI=1S/C24H25N3O3/c28-23(13-17-27-16-5-14-25-27)26-15-4-6-20(18-26)24(29)19-9-11-22(12-10-19)30-21-7-2-1-3-8-21/h1-3,5,7-12,14,16,20H,4,6,13,15,17-18H2/t20-/m0/s1. The number of benzene rings is 2. The minimum Gasteiger partial charge on any atom is -0.457 e. The van der Waals surface area contributed by atoms with Crippen LogP contribution in [0.25, 0.3) is 0 Å². The lowest BCUT2D eigenvalue weighted by molar-refractivity contribution is -0.132. The lowest BCUT2D eigenvalue weighted by Gasteiger charge is -2.32. The predicted octanol–water partition coefficient (Wildman–Crippen LogP) is 4.19. The van der Waals surface area contributed by atoms with Gasteiger partial charge >= 0.3 is 0 Å². The summed E-state index contributed by atoms with van der Waals surface area (Å²) in [5.74, 6) is 1.46. The second-order valence-electron chi connectivity index (χ2n) is 7.50. The number of para-hydroxylation sites is 1. The third kappa shape index (κ3) is 4.95. The molecule has 1 amide bonds. The van der Waals surface area contributed by atoms with E-state index < -0.39 is 0 Å². The van der Waals surface area contributed by atoms with Gasteiger partial charge in [0.2, 0.25) is 5.91 Å². The number of nitrogens with zero attached hydrogens (tertiary/aromatic N) is 3. The summed E-state index contributed by atoms with van der Waals surface area (Å²) < 4.78 is 7.55. The highest BCUT2D eigenvalue weighted by Crippen LogP contribution is 2.25. The van der Waals surface area contributed by atoms with Gasteiger partial charge in [0.15, 0.2) is 5.78 Å². The van der Waals surface area contributed by atoms with Gasteiger partial charge in [-0.05, 0) is 55.3 Å². The maximum absolute atomic E-state index is 13.0. The molecule has 0 N–H and O–H groups in total. The Bertz CT molecular complexity index is 969. The molecule has 3 aromatic rings. The Morgan fingerprint density at radius 1 is 1.00 bits per heavy atom. The van der Waals surface area contributed by atoms with E-state index in [9.17, 15) is 9.59 Å². The van der Waals surface area contributed by atoms with Gasteiger partial charge in [-0.1, -0.05) is 18.2 Å². The molecule has 0 radical (unpaired) electrons. The van der Waals surface area contributed by atoms with Crippen molar-refractivity contribution < 1.29 is 14.3 Å². The first-order valence-electron chi connectivity index (χ1n) is 10.3. The number of likely N-dealkylation sites (tertiary alicyclic amines) is 1. The Morgan fingerprint density at radius 2 is 1.77 bits per heavy atom. The molecule has 154 valence electrons. The Morgan fingerprint density at radius 3 is 2.50 bits per heavy atom. The van der Waals surface area contributed by atoms with E-state index in [1.54, 1.807) is 23.0 Å². The lowest BCUT2D eigenvalue weighted by atomic mass is 9.90. The van der Waals surface area contributed by atoms with Gasteiger partial charge < -0.3 is 9.64 Å². The highest BCUT2D eigenvalue weighted by molar-refractivity contribution is 5.98. The number of ketones is 1. The lowest BCUT2D eigenvalue weighted by Crippen LogP contribution is -2.42. The van der Waals surface area contributed by atoms with Crippen molar-refractivity contribution >= 4 is 11.7 Å². The van der Waals surface area contributed by atoms with E-state index in [0.717, 1.165) is 18.6 Å². The SMILES string of the molecule is O=C(c1ccc(Oc2ccccc2)cc1)[C@H]1CCCN(C(=O)CCn2cccn2)C1. The van der Waals surface area contributed by atoms with Gasteiger partial charge in [-0.25, -0.2) is 0 Å². The number of piperidine rings is 1. The number of ether oxygens (including phenoxy) is 1. The van der Waals surface area contributed by atoms with Crippen molar-refractivity contribution in [1.29, 1.82) is 0 Å². The maximum atomic E-state index is 13.0. The first kappa shape index (κ1) is 19.9. The molecule has 4 rings (SSSR count). The van der Waals surface area contributed by atoms with Crippen LogP contribution in [0.2, 0.25) is 0 Å². The van der Waals surface area contributed by atoms with Crippen LogP contribution in [0, 0.1) is 5.92 Å². The van der Waals surface area contributed by atoms with Crippen LogP contribution in [0.5, 0.6) is 11.5 Å². The molecule has 0 unspecified atom stereocenters. The summed E-state index contributed by atoms with van der Waals surface area (Å²) >= 11 is 0.